The van der Waals surface area contributed by atoms with Crippen molar-refractivity contribution in [1.29, 1.82) is 0 Å². The molecule has 1 fully saturated rings. The molecule has 1 atom stereocenters. The first kappa shape index (κ1) is 13.0. The van der Waals surface area contributed by atoms with Gasteiger partial charge in [-0.05, 0) is 25.5 Å². The lowest BCUT2D eigenvalue weighted by atomic mass is 9.95. The van der Waals surface area contributed by atoms with Crippen LogP contribution in [0.25, 0.3) is 0 Å². The van der Waals surface area contributed by atoms with Crippen molar-refractivity contribution in [3.63, 3.8) is 0 Å². The lowest BCUT2D eigenvalue weighted by Gasteiger charge is -2.28. The van der Waals surface area contributed by atoms with Gasteiger partial charge in [-0.25, -0.2) is 8.78 Å². The zero-order valence-electron chi connectivity index (χ0n) is 9.56. The van der Waals surface area contributed by atoms with E-state index >= 15 is 0 Å². The van der Waals surface area contributed by atoms with Gasteiger partial charge in [-0.2, -0.15) is 0 Å². The van der Waals surface area contributed by atoms with E-state index < -0.39 is 5.92 Å². The van der Waals surface area contributed by atoms with E-state index in [-0.39, 0.29) is 18.0 Å². The molecule has 2 rings (SSSR count). The maximum atomic E-state index is 14.1. The van der Waals surface area contributed by atoms with E-state index in [2.05, 4.69) is 21.2 Å². The molecule has 1 heterocycles. The molecule has 94 valence electrons. The molecule has 0 bridgehead atoms. The molecule has 0 amide bonds. The molecule has 1 nitrogen and oxygen atoms in total. The highest BCUT2D eigenvalue weighted by molar-refractivity contribution is 9.10. The Hall–Kier alpha value is -0.480. The van der Waals surface area contributed by atoms with E-state index in [4.69, 9.17) is 0 Å². The summed E-state index contributed by atoms with van der Waals surface area (Å²) < 4.78 is 28.7. The van der Waals surface area contributed by atoms with Gasteiger partial charge in [0.25, 0.3) is 5.92 Å². The van der Waals surface area contributed by atoms with Crippen LogP contribution in [0.4, 0.5) is 8.78 Å². The van der Waals surface area contributed by atoms with E-state index in [0.29, 0.717) is 4.47 Å². The van der Waals surface area contributed by atoms with Crippen LogP contribution in [0.1, 0.15) is 31.2 Å². The minimum absolute atomic E-state index is 0.0640. The summed E-state index contributed by atoms with van der Waals surface area (Å²) in [6.07, 6.45) is 2.87. The smallest absolute Gasteiger partial charge is 0.275 e. The maximum Gasteiger partial charge on any atom is 0.275 e. The van der Waals surface area contributed by atoms with Crippen LogP contribution in [0.3, 0.4) is 0 Å². The first-order chi connectivity index (χ1) is 8.09. The summed E-state index contributed by atoms with van der Waals surface area (Å²) in [6, 6.07) is 6.50. The van der Waals surface area contributed by atoms with Gasteiger partial charge >= 0.3 is 0 Å². The Morgan fingerprint density at radius 1 is 1.29 bits per heavy atom. The molecule has 0 aromatic heterocycles. The summed E-state index contributed by atoms with van der Waals surface area (Å²) in [5.74, 6) is -2.77. The zero-order chi connectivity index (χ0) is 12.3. The Morgan fingerprint density at radius 2 is 2.06 bits per heavy atom. The number of hydrogen-bond donors (Lipinski definition) is 1. The summed E-state index contributed by atoms with van der Waals surface area (Å²) in [5, 5.41) is 3.17. The fourth-order valence-corrected chi connectivity index (χ4v) is 2.85. The van der Waals surface area contributed by atoms with Crippen molar-refractivity contribution >= 4 is 15.9 Å². The van der Waals surface area contributed by atoms with Crippen LogP contribution >= 0.6 is 15.9 Å². The second kappa shape index (κ2) is 5.44. The van der Waals surface area contributed by atoms with Crippen LogP contribution in [-0.4, -0.2) is 12.6 Å². The Morgan fingerprint density at radius 3 is 2.71 bits per heavy atom. The van der Waals surface area contributed by atoms with Gasteiger partial charge in [0.2, 0.25) is 0 Å². The molecule has 1 aliphatic rings. The van der Waals surface area contributed by atoms with Crippen LogP contribution < -0.4 is 5.32 Å². The number of halogens is 3. The molecule has 1 aliphatic heterocycles. The Bertz CT molecular complexity index is 375. The zero-order valence-corrected chi connectivity index (χ0v) is 11.1. The van der Waals surface area contributed by atoms with E-state index in [1.54, 1.807) is 18.2 Å². The van der Waals surface area contributed by atoms with E-state index in [1.807, 2.05) is 0 Å². The minimum Gasteiger partial charge on any atom is -0.314 e. The van der Waals surface area contributed by atoms with E-state index in [0.717, 1.165) is 25.8 Å². The number of piperidine rings is 1. The van der Waals surface area contributed by atoms with Crippen molar-refractivity contribution in [1.82, 2.24) is 5.32 Å². The molecule has 0 spiro atoms. The standard InChI is InChI=1S/C13H16BrF2N/c14-12-7-2-1-6-11(12)13(15,16)9-10-5-3-4-8-17-10/h1-2,6-7,10,17H,3-5,8-9H2. The van der Waals surface area contributed by atoms with Gasteiger partial charge in [0.15, 0.2) is 0 Å². The lowest BCUT2D eigenvalue weighted by Crippen LogP contribution is -2.38. The second-order valence-corrected chi connectivity index (χ2v) is 5.39. The van der Waals surface area contributed by atoms with Crippen LogP contribution in [0.2, 0.25) is 0 Å². The molecule has 0 saturated carbocycles. The number of hydrogen-bond acceptors (Lipinski definition) is 1. The number of benzene rings is 1. The molecule has 0 aliphatic carbocycles. The molecule has 1 unspecified atom stereocenters. The normalized spacial score (nSPS) is 21.5. The summed E-state index contributed by atoms with van der Waals surface area (Å²) in [7, 11) is 0. The summed E-state index contributed by atoms with van der Waals surface area (Å²) in [5.41, 5.74) is 0.0902. The topological polar surface area (TPSA) is 12.0 Å². The van der Waals surface area contributed by atoms with Gasteiger partial charge in [0, 0.05) is 22.5 Å². The van der Waals surface area contributed by atoms with Crippen molar-refractivity contribution in [2.75, 3.05) is 6.54 Å². The first-order valence-corrected chi connectivity index (χ1v) is 6.75. The van der Waals surface area contributed by atoms with E-state index in [1.165, 1.54) is 6.07 Å². The first-order valence-electron chi connectivity index (χ1n) is 5.96. The van der Waals surface area contributed by atoms with Gasteiger partial charge in [0.1, 0.15) is 0 Å². The quantitative estimate of drug-likeness (QED) is 0.887. The average molecular weight is 304 g/mol. The third-order valence-electron chi connectivity index (χ3n) is 3.18. The fourth-order valence-electron chi connectivity index (χ4n) is 2.28. The van der Waals surface area contributed by atoms with Crippen molar-refractivity contribution in [2.24, 2.45) is 0 Å². The number of alkyl halides is 2. The van der Waals surface area contributed by atoms with E-state index in [9.17, 15) is 8.78 Å². The second-order valence-electron chi connectivity index (χ2n) is 4.54. The largest absolute Gasteiger partial charge is 0.314 e. The van der Waals surface area contributed by atoms with Gasteiger partial charge in [-0.3, -0.25) is 0 Å². The van der Waals surface area contributed by atoms with Gasteiger partial charge < -0.3 is 5.32 Å². The SMILES string of the molecule is FC(F)(CC1CCCCN1)c1ccccc1Br. The minimum atomic E-state index is -2.77. The van der Waals surface area contributed by atoms with Crippen molar-refractivity contribution in [3.8, 4) is 0 Å². The molecule has 1 aromatic rings. The third-order valence-corrected chi connectivity index (χ3v) is 3.87. The number of rotatable bonds is 3. The fraction of sp³-hybridized carbons (Fsp3) is 0.538. The van der Waals surface area contributed by atoms with Crippen LogP contribution in [0, 0.1) is 0 Å². The third kappa shape index (κ3) is 3.26. The maximum absolute atomic E-state index is 14.1. The van der Waals surface area contributed by atoms with Crippen LogP contribution in [-0.2, 0) is 5.92 Å². The molecule has 1 saturated heterocycles. The average Bonchev–Trinajstić information content (AvgIpc) is 2.30. The van der Waals surface area contributed by atoms with Crippen molar-refractivity contribution in [3.05, 3.63) is 34.3 Å². The van der Waals surface area contributed by atoms with Crippen molar-refractivity contribution < 1.29 is 8.78 Å². The predicted octanol–water partition coefficient (Wildman–Crippen LogP) is 4.07. The van der Waals surface area contributed by atoms with Gasteiger partial charge in [0.05, 0.1) is 0 Å². The highest BCUT2D eigenvalue weighted by atomic mass is 79.9. The lowest BCUT2D eigenvalue weighted by molar-refractivity contribution is -0.0260. The molecule has 17 heavy (non-hydrogen) atoms. The van der Waals surface area contributed by atoms with Crippen LogP contribution in [0.5, 0.6) is 0 Å². The molecular formula is C13H16BrF2N. The summed E-state index contributed by atoms with van der Waals surface area (Å²) in [6.45, 7) is 0.858. The van der Waals surface area contributed by atoms with Gasteiger partial charge in [-0.1, -0.05) is 40.5 Å². The van der Waals surface area contributed by atoms with Crippen molar-refractivity contribution in [2.45, 2.75) is 37.6 Å². The molecule has 1 N–H and O–H groups in total. The monoisotopic (exact) mass is 303 g/mol. The number of nitrogens with one attached hydrogen (secondary N) is 1. The Labute approximate surface area is 109 Å². The van der Waals surface area contributed by atoms with Gasteiger partial charge in [-0.15, -0.1) is 0 Å². The Balaban J connectivity index is 2.10. The summed E-state index contributed by atoms with van der Waals surface area (Å²) >= 11 is 3.20. The molecule has 0 radical (unpaired) electrons. The molecule has 1 aromatic carbocycles. The van der Waals surface area contributed by atoms with Crippen LogP contribution in [0.15, 0.2) is 28.7 Å². The highest BCUT2D eigenvalue weighted by Crippen LogP contribution is 2.38. The predicted molar refractivity (Wildman–Crippen MR) is 68.3 cm³/mol. The molecule has 4 heteroatoms. The highest BCUT2D eigenvalue weighted by Gasteiger charge is 2.36. The summed E-state index contributed by atoms with van der Waals surface area (Å²) in [4.78, 5) is 0. The Kier molecular flexibility index (Phi) is 4.15. The molecular weight excluding hydrogens is 288 g/mol.